The summed E-state index contributed by atoms with van der Waals surface area (Å²) in [6, 6.07) is 12.2. The number of aromatic nitrogens is 1. The van der Waals surface area contributed by atoms with E-state index in [4.69, 9.17) is 0 Å². The van der Waals surface area contributed by atoms with Crippen LogP contribution in [-0.4, -0.2) is 48.6 Å². The second-order valence-corrected chi connectivity index (χ2v) is 6.50. The summed E-state index contributed by atoms with van der Waals surface area (Å²) in [6.45, 7) is 4.30. The van der Waals surface area contributed by atoms with Gasteiger partial charge in [-0.05, 0) is 49.9 Å². The lowest BCUT2D eigenvalue weighted by Crippen LogP contribution is -2.44. The minimum atomic E-state index is 0.0588. The van der Waals surface area contributed by atoms with E-state index in [-0.39, 0.29) is 5.91 Å². The zero-order valence-electron chi connectivity index (χ0n) is 14.5. The van der Waals surface area contributed by atoms with Gasteiger partial charge in [-0.2, -0.15) is 0 Å². The number of anilines is 2. The molecule has 5 nitrogen and oxygen atoms in total. The van der Waals surface area contributed by atoms with Gasteiger partial charge >= 0.3 is 0 Å². The van der Waals surface area contributed by atoms with Gasteiger partial charge in [0.1, 0.15) is 0 Å². The van der Waals surface area contributed by atoms with Crippen LogP contribution >= 0.6 is 0 Å². The minimum Gasteiger partial charge on any atom is -0.369 e. The van der Waals surface area contributed by atoms with Crippen LogP contribution in [0, 0.1) is 0 Å². The van der Waals surface area contributed by atoms with Crippen LogP contribution in [0.4, 0.5) is 11.4 Å². The number of likely N-dealkylation sites (N-methyl/N-ethyl adjacent to an activating group) is 1. The summed E-state index contributed by atoms with van der Waals surface area (Å²) >= 11 is 0. The monoisotopic (exact) mass is 326 g/mol. The molecule has 1 aromatic carbocycles. The lowest BCUT2D eigenvalue weighted by Gasteiger charge is -2.34. The van der Waals surface area contributed by atoms with E-state index in [0.29, 0.717) is 6.42 Å². The van der Waals surface area contributed by atoms with Gasteiger partial charge in [-0.1, -0.05) is 0 Å². The molecule has 1 fully saturated rings. The van der Waals surface area contributed by atoms with E-state index in [2.05, 4.69) is 44.9 Å². The van der Waals surface area contributed by atoms with Crippen LogP contribution in [0.5, 0.6) is 0 Å². The van der Waals surface area contributed by atoms with E-state index in [1.54, 1.807) is 0 Å². The van der Waals surface area contributed by atoms with E-state index < -0.39 is 0 Å². The van der Waals surface area contributed by atoms with Crippen LogP contribution in [0.25, 0.3) is 0 Å². The normalized spacial score (nSPS) is 15.5. The van der Waals surface area contributed by atoms with E-state index in [9.17, 15) is 4.79 Å². The Morgan fingerprint density at radius 1 is 1.04 bits per heavy atom. The minimum absolute atomic E-state index is 0.0588. The molecule has 3 rings (SSSR count). The maximum absolute atomic E-state index is 12.1. The summed E-state index contributed by atoms with van der Waals surface area (Å²) in [5.41, 5.74) is 3.27. The molecule has 1 N–H and O–H groups in total. The third-order valence-corrected chi connectivity index (χ3v) is 4.68. The van der Waals surface area contributed by atoms with Gasteiger partial charge in [0.2, 0.25) is 5.91 Å². The van der Waals surface area contributed by atoms with E-state index in [1.165, 1.54) is 11.4 Å². The molecule has 5 heteroatoms. The van der Waals surface area contributed by atoms with Crippen molar-refractivity contribution in [3.63, 3.8) is 0 Å². The van der Waals surface area contributed by atoms with Crippen molar-refractivity contribution in [2.75, 3.05) is 43.4 Å². The molecule has 2 heterocycles. The van der Waals surface area contributed by atoms with Crippen molar-refractivity contribution in [1.29, 1.82) is 0 Å². The highest BCUT2D eigenvalue weighted by Crippen LogP contribution is 2.19. The number of carbonyl (C=O) groups excluding carboxylic acids is 1. The molecule has 1 aliphatic rings. The molecule has 0 spiro atoms. The SMILES string of the molecule is CN1CCN(c2ccc(NC(=O)CCc3cccn3C)cc2)CC1. The van der Waals surface area contributed by atoms with Gasteiger partial charge in [0.25, 0.3) is 0 Å². The lowest BCUT2D eigenvalue weighted by atomic mass is 10.2. The Morgan fingerprint density at radius 2 is 1.75 bits per heavy atom. The highest BCUT2D eigenvalue weighted by atomic mass is 16.1. The van der Waals surface area contributed by atoms with Crippen LogP contribution in [0.15, 0.2) is 42.6 Å². The van der Waals surface area contributed by atoms with Gasteiger partial charge in [-0.3, -0.25) is 4.79 Å². The summed E-state index contributed by atoms with van der Waals surface area (Å²) in [5.74, 6) is 0.0588. The summed E-state index contributed by atoms with van der Waals surface area (Å²) in [4.78, 5) is 16.8. The molecule has 0 aliphatic carbocycles. The number of aryl methyl sites for hydroxylation is 2. The van der Waals surface area contributed by atoms with Crippen molar-refractivity contribution in [1.82, 2.24) is 9.47 Å². The van der Waals surface area contributed by atoms with Gasteiger partial charge < -0.3 is 19.7 Å². The molecule has 1 aromatic heterocycles. The molecule has 0 atom stereocenters. The summed E-state index contributed by atoms with van der Waals surface area (Å²) in [5, 5.41) is 2.99. The molecule has 0 radical (unpaired) electrons. The summed E-state index contributed by atoms with van der Waals surface area (Å²) in [7, 11) is 4.16. The number of rotatable bonds is 5. The molecule has 0 unspecified atom stereocenters. The number of amides is 1. The van der Waals surface area contributed by atoms with Crippen LogP contribution in [0.2, 0.25) is 0 Å². The Bertz CT molecular complexity index is 669. The van der Waals surface area contributed by atoms with Crippen LogP contribution in [-0.2, 0) is 18.3 Å². The number of hydrogen-bond donors (Lipinski definition) is 1. The predicted molar refractivity (Wildman–Crippen MR) is 98.5 cm³/mol. The standard InChI is InChI=1S/C19H26N4O/c1-21-12-14-23(15-13-21)18-7-5-16(6-8-18)20-19(24)10-9-17-4-3-11-22(17)2/h3-8,11H,9-10,12-15H2,1-2H3,(H,20,24). The molecule has 1 saturated heterocycles. The first kappa shape index (κ1) is 16.6. The third-order valence-electron chi connectivity index (χ3n) is 4.68. The number of benzene rings is 1. The predicted octanol–water partition coefficient (Wildman–Crippen LogP) is 2.35. The zero-order chi connectivity index (χ0) is 16.9. The maximum Gasteiger partial charge on any atom is 0.224 e. The summed E-state index contributed by atoms with van der Waals surface area (Å²) in [6.07, 6.45) is 3.26. The van der Waals surface area contributed by atoms with Gasteiger partial charge in [0, 0.05) is 62.9 Å². The van der Waals surface area contributed by atoms with Gasteiger partial charge in [-0.15, -0.1) is 0 Å². The van der Waals surface area contributed by atoms with Crippen LogP contribution < -0.4 is 10.2 Å². The summed E-state index contributed by atoms with van der Waals surface area (Å²) < 4.78 is 2.05. The Morgan fingerprint density at radius 3 is 2.38 bits per heavy atom. The number of piperazine rings is 1. The molecule has 1 aliphatic heterocycles. The Hall–Kier alpha value is -2.27. The number of nitrogens with zero attached hydrogens (tertiary/aromatic N) is 3. The molecule has 1 amide bonds. The number of nitrogens with one attached hydrogen (secondary N) is 1. The fourth-order valence-electron chi connectivity index (χ4n) is 3.04. The highest BCUT2D eigenvalue weighted by Gasteiger charge is 2.14. The van der Waals surface area contributed by atoms with Crippen LogP contribution in [0.3, 0.4) is 0 Å². The Balaban J connectivity index is 1.50. The van der Waals surface area contributed by atoms with Crippen molar-refractivity contribution >= 4 is 17.3 Å². The van der Waals surface area contributed by atoms with E-state index in [0.717, 1.165) is 38.3 Å². The average Bonchev–Trinajstić information content (AvgIpc) is 3.00. The first-order valence-electron chi connectivity index (χ1n) is 8.55. The number of hydrogen-bond acceptors (Lipinski definition) is 3. The molecule has 128 valence electrons. The second-order valence-electron chi connectivity index (χ2n) is 6.50. The van der Waals surface area contributed by atoms with E-state index >= 15 is 0 Å². The molecule has 0 saturated carbocycles. The maximum atomic E-state index is 12.1. The van der Waals surface area contributed by atoms with Crippen molar-refractivity contribution in [2.45, 2.75) is 12.8 Å². The van der Waals surface area contributed by atoms with E-state index in [1.807, 2.05) is 31.4 Å². The molecule has 0 bridgehead atoms. The number of carbonyl (C=O) groups is 1. The molecule has 24 heavy (non-hydrogen) atoms. The molecular formula is C19H26N4O. The van der Waals surface area contributed by atoms with Crippen molar-refractivity contribution in [2.24, 2.45) is 7.05 Å². The van der Waals surface area contributed by atoms with Crippen molar-refractivity contribution < 1.29 is 4.79 Å². The van der Waals surface area contributed by atoms with Gasteiger partial charge in [0.15, 0.2) is 0 Å². The van der Waals surface area contributed by atoms with Crippen molar-refractivity contribution in [3.05, 3.63) is 48.3 Å². The topological polar surface area (TPSA) is 40.5 Å². The fraction of sp³-hybridized carbons (Fsp3) is 0.421. The Labute approximate surface area is 143 Å². The third kappa shape index (κ3) is 4.17. The first-order valence-corrected chi connectivity index (χ1v) is 8.55. The largest absolute Gasteiger partial charge is 0.369 e. The lowest BCUT2D eigenvalue weighted by molar-refractivity contribution is -0.116. The fourth-order valence-corrected chi connectivity index (χ4v) is 3.04. The highest BCUT2D eigenvalue weighted by molar-refractivity contribution is 5.91. The average molecular weight is 326 g/mol. The second kappa shape index (κ2) is 7.53. The first-order chi connectivity index (χ1) is 11.6. The van der Waals surface area contributed by atoms with Crippen molar-refractivity contribution in [3.8, 4) is 0 Å². The van der Waals surface area contributed by atoms with Gasteiger partial charge in [-0.25, -0.2) is 0 Å². The van der Waals surface area contributed by atoms with Gasteiger partial charge in [0.05, 0.1) is 0 Å². The zero-order valence-corrected chi connectivity index (χ0v) is 14.5. The van der Waals surface area contributed by atoms with Crippen LogP contribution in [0.1, 0.15) is 12.1 Å². The quantitative estimate of drug-likeness (QED) is 0.917. The smallest absolute Gasteiger partial charge is 0.224 e. The Kier molecular flexibility index (Phi) is 5.20. The molecular weight excluding hydrogens is 300 g/mol. The molecule has 2 aromatic rings.